The highest BCUT2D eigenvalue weighted by atomic mass is 16.6. The van der Waals surface area contributed by atoms with Crippen molar-refractivity contribution in [1.82, 2.24) is 0 Å². The van der Waals surface area contributed by atoms with E-state index in [-0.39, 0.29) is 25.2 Å². The molecule has 0 fully saturated rings. The summed E-state index contributed by atoms with van der Waals surface area (Å²) in [5, 5.41) is 0. The average Bonchev–Trinajstić information content (AvgIpc) is 2.66. The van der Waals surface area contributed by atoms with Crippen LogP contribution in [0.5, 0.6) is 0 Å². The van der Waals surface area contributed by atoms with Crippen LogP contribution >= 0.6 is 0 Å². The molecule has 0 aliphatic heterocycles. The summed E-state index contributed by atoms with van der Waals surface area (Å²) in [6.07, 6.45) is 1.22. The van der Waals surface area contributed by atoms with E-state index < -0.39 is 0 Å². The fraction of sp³-hybridized carbons (Fsp3) is 0.579. The summed E-state index contributed by atoms with van der Waals surface area (Å²) in [4.78, 5) is 22.7. The van der Waals surface area contributed by atoms with Crippen LogP contribution in [0.2, 0.25) is 0 Å². The Morgan fingerprint density at radius 2 is 1.23 bits per heavy atom. The van der Waals surface area contributed by atoms with Gasteiger partial charge in [0, 0.05) is 6.42 Å². The summed E-state index contributed by atoms with van der Waals surface area (Å²) in [5.41, 5.74) is 0.524. The molecule has 1 aromatic carbocycles. The van der Waals surface area contributed by atoms with E-state index in [1.807, 2.05) is 13.0 Å². The molecule has 0 aliphatic carbocycles. The first-order valence-electron chi connectivity index (χ1n) is 8.85. The first-order chi connectivity index (χ1) is 12.7. The summed E-state index contributed by atoms with van der Waals surface area (Å²) >= 11 is 0. The minimum Gasteiger partial charge on any atom is -0.463 e. The molecule has 0 atom stereocenters. The Labute approximate surface area is 154 Å². The zero-order chi connectivity index (χ0) is 18.9. The van der Waals surface area contributed by atoms with Crippen LogP contribution in [-0.2, 0) is 28.5 Å². The van der Waals surface area contributed by atoms with Crippen LogP contribution in [0.4, 0.5) is 0 Å². The van der Waals surface area contributed by atoms with Crippen LogP contribution in [0.3, 0.4) is 0 Å². The van der Waals surface area contributed by atoms with E-state index in [1.54, 1.807) is 24.3 Å². The van der Waals surface area contributed by atoms with Crippen LogP contribution in [-0.4, -0.2) is 64.8 Å². The molecule has 0 heterocycles. The Hall–Kier alpha value is -1.96. The molecule has 0 bridgehead atoms. The molecule has 0 aliphatic rings. The zero-order valence-corrected chi connectivity index (χ0v) is 15.3. The monoisotopic (exact) mass is 368 g/mol. The zero-order valence-electron chi connectivity index (χ0n) is 15.3. The molecule has 0 radical (unpaired) electrons. The van der Waals surface area contributed by atoms with Crippen LogP contribution < -0.4 is 0 Å². The highest BCUT2D eigenvalue weighted by molar-refractivity contribution is 5.89. The fourth-order valence-electron chi connectivity index (χ4n) is 1.88. The molecule has 0 amide bonds. The fourth-order valence-corrected chi connectivity index (χ4v) is 1.88. The van der Waals surface area contributed by atoms with Crippen molar-refractivity contribution in [1.29, 1.82) is 0 Å². The second-order valence-corrected chi connectivity index (χ2v) is 5.31. The second kappa shape index (κ2) is 15.3. The maximum absolute atomic E-state index is 11.7. The largest absolute Gasteiger partial charge is 0.463 e. The van der Waals surface area contributed by atoms with Gasteiger partial charge in [0.05, 0.1) is 45.2 Å². The summed E-state index contributed by atoms with van der Waals surface area (Å²) in [6.45, 7) is 4.80. The molecular weight excluding hydrogens is 340 g/mol. The summed E-state index contributed by atoms with van der Waals surface area (Å²) in [5.74, 6) is -0.554. The van der Waals surface area contributed by atoms with Gasteiger partial charge in [0.15, 0.2) is 0 Å². The standard InChI is InChI=1S/C19H28O7/c1-2-6-18(20)25-15-13-23-11-9-22-10-12-24-14-16-26-19(21)17-7-4-3-5-8-17/h3-5,7-8H,2,6,9-16H2,1H3. The molecule has 0 aromatic heterocycles. The summed E-state index contributed by atoms with van der Waals surface area (Å²) < 4.78 is 26.0. The quantitative estimate of drug-likeness (QED) is 0.347. The number of esters is 2. The third-order valence-electron chi connectivity index (χ3n) is 3.16. The molecule has 7 nitrogen and oxygen atoms in total. The smallest absolute Gasteiger partial charge is 0.338 e. The van der Waals surface area contributed by atoms with E-state index in [0.717, 1.165) is 6.42 Å². The molecule has 0 N–H and O–H groups in total. The van der Waals surface area contributed by atoms with Gasteiger partial charge in [-0.05, 0) is 18.6 Å². The van der Waals surface area contributed by atoms with Gasteiger partial charge in [-0.2, -0.15) is 0 Å². The Morgan fingerprint density at radius 3 is 1.77 bits per heavy atom. The predicted molar refractivity (Wildman–Crippen MR) is 95.0 cm³/mol. The van der Waals surface area contributed by atoms with E-state index in [0.29, 0.717) is 51.6 Å². The number of rotatable bonds is 15. The normalized spacial score (nSPS) is 10.5. The number of carbonyl (C=O) groups excluding carboxylic acids is 2. The Balaban J connectivity index is 1.81. The van der Waals surface area contributed by atoms with Crippen LogP contribution in [0.25, 0.3) is 0 Å². The molecule has 1 aromatic rings. The van der Waals surface area contributed by atoms with E-state index in [9.17, 15) is 9.59 Å². The summed E-state index contributed by atoms with van der Waals surface area (Å²) in [7, 11) is 0. The van der Waals surface area contributed by atoms with E-state index >= 15 is 0 Å². The molecular formula is C19H28O7. The van der Waals surface area contributed by atoms with Crippen LogP contribution in [0.1, 0.15) is 30.1 Å². The lowest BCUT2D eigenvalue weighted by Crippen LogP contribution is -2.15. The molecule has 0 saturated carbocycles. The molecule has 0 unspecified atom stereocenters. The maximum Gasteiger partial charge on any atom is 0.338 e. The highest BCUT2D eigenvalue weighted by Gasteiger charge is 2.05. The Morgan fingerprint density at radius 1 is 0.731 bits per heavy atom. The predicted octanol–water partition coefficient (Wildman–Crippen LogP) is 2.24. The molecule has 26 heavy (non-hydrogen) atoms. The lowest BCUT2D eigenvalue weighted by molar-refractivity contribution is -0.145. The minimum absolute atomic E-state index is 0.195. The van der Waals surface area contributed by atoms with Gasteiger partial charge in [-0.25, -0.2) is 4.79 Å². The van der Waals surface area contributed by atoms with Crippen molar-refractivity contribution in [3.8, 4) is 0 Å². The topological polar surface area (TPSA) is 80.3 Å². The van der Waals surface area contributed by atoms with Gasteiger partial charge in [-0.1, -0.05) is 25.1 Å². The van der Waals surface area contributed by atoms with E-state index in [4.69, 9.17) is 23.7 Å². The number of ether oxygens (including phenoxy) is 5. The van der Waals surface area contributed by atoms with E-state index in [1.165, 1.54) is 0 Å². The Kier molecular flexibility index (Phi) is 13.0. The van der Waals surface area contributed by atoms with Gasteiger partial charge >= 0.3 is 11.9 Å². The van der Waals surface area contributed by atoms with Crippen molar-refractivity contribution in [2.24, 2.45) is 0 Å². The lowest BCUT2D eigenvalue weighted by Gasteiger charge is -2.08. The number of hydrogen-bond donors (Lipinski definition) is 0. The molecule has 146 valence electrons. The third-order valence-corrected chi connectivity index (χ3v) is 3.16. The number of carbonyl (C=O) groups is 2. The van der Waals surface area contributed by atoms with Crippen molar-refractivity contribution >= 4 is 11.9 Å². The van der Waals surface area contributed by atoms with Gasteiger partial charge in [-0.3, -0.25) is 4.79 Å². The van der Waals surface area contributed by atoms with Crippen molar-refractivity contribution in [3.63, 3.8) is 0 Å². The average molecular weight is 368 g/mol. The van der Waals surface area contributed by atoms with Crippen molar-refractivity contribution in [2.75, 3.05) is 52.9 Å². The van der Waals surface area contributed by atoms with Crippen LogP contribution in [0, 0.1) is 0 Å². The maximum atomic E-state index is 11.7. The number of hydrogen-bond acceptors (Lipinski definition) is 7. The highest BCUT2D eigenvalue weighted by Crippen LogP contribution is 2.00. The van der Waals surface area contributed by atoms with Gasteiger partial charge < -0.3 is 23.7 Å². The second-order valence-electron chi connectivity index (χ2n) is 5.31. The van der Waals surface area contributed by atoms with Gasteiger partial charge in [0.1, 0.15) is 13.2 Å². The first-order valence-corrected chi connectivity index (χ1v) is 8.85. The van der Waals surface area contributed by atoms with E-state index in [2.05, 4.69) is 0 Å². The van der Waals surface area contributed by atoms with Gasteiger partial charge in [-0.15, -0.1) is 0 Å². The third kappa shape index (κ3) is 11.6. The lowest BCUT2D eigenvalue weighted by atomic mass is 10.2. The first kappa shape index (κ1) is 22.1. The molecule has 7 heteroatoms. The minimum atomic E-state index is -0.358. The van der Waals surface area contributed by atoms with Crippen molar-refractivity contribution in [3.05, 3.63) is 35.9 Å². The molecule has 0 saturated heterocycles. The summed E-state index contributed by atoms with van der Waals surface area (Å²) in [6, 6.07) is 8.82. The SMILES string of the molecule is CCCC(=O)OCCOCCOCCOCCOC(=O)c1ccccc1. The number of benzene rings is 1. The molecule has 0 spiro atoms. The Bertz CT molecular complexity index is 490. The van der Waals surface area contributed by atoms with Gasteiger partial charge in [0.25, 0.3) is 0 Å². The van der Waals surface area contributed by atoms with Crippen LogP contribution in [0.15, 0.2) is 30.3 Å². The molecule has 1 rings (SSSR count). The van der Waals surface area contributed by atoms with Gasteiger partial charge in [0.2, 0.25) is 0 Å². The van der Waals surface area contributed by atoms with Crippen molar-refractivity contribution in [2.45, 2.75) is 19.8 Å². The van der Waals surface area contributed by atoms with Crippen molar-refractivity contribution < 1.29 is 33.3 Å².